The number of rotatable bonds is 3. The Balaban J connectivity index is 1.61. The van der Waals surface area contributed by atoms with Crippen molar-refractivity contribution in [2.24, 2.45) is 4.99 Å². The molecule has 0 radical (unpaired) electrons. The smallest absolute Gasteiger partial charge is 0.153 e. The van der Waals surface area contributed by atoms with Crippen LogP contribution >= 0.6 is 34.9 Å². The number of unbranched alkanes of at least 4 members (excludes halogenated alkanes) is 1. The minimum absolute atomic E-state index is 0.415. The van der Waals surface area contributed by atoms with Crippen LogP contribution in [0.4, 0.5) is 14.5 Å². The van der Waals surface area contributed by atoms with Crippen molar-refractivity contribution < 1.29 is 8.78 Å². The summed E-state index contributed by atoms with van der Waals surface area (Å²) in [5.74, 6) is 11.5. The molecule has 0 aliphatic heterocycles. The zero-order valence-corrected chi connectivity index (χ0v) is 21.3. The van der Waals surface area contributed by atoms with Gasteiger partial charge in [-0.3, -0.25) is 0 Å². The molecule has 0 unspecified atom stereocenters. The largest absolute Gasteiger partial charge is 0.204 e. The average molecular weight is 504 g/mol. The molecular weight excluding hydrogens is 485 g/mol. The number of thiocarbonyl (C=S) groups is 1. The van der Waals surface area contributed by atoms with Gasteiger partial charge in [0.2, 0.25) is 0 Å². The number of hydrogen-bond donors (Lipinski definition) is 0. The molecule has 2 heterocycles. The van der Waals surface area contributed by atoms with Crippen molar-refractivity contribution in [3.63, 3.8) is 0 Å². The SMILES string of the molecule is CCCC#Cc1cc(C)c(C#Cc2cc3sc(-c4cc(F)c(N=C=S)c(F)c4)cc3s2)c(C)c1. The number of aryl methyl sites for hydroxylation is 2. The molecule has 0 fully saturated rings. The van der Waals surface area contributed by atoms with Gasteiger partial charge in [0.1, 0.15) is 5.69 Å². The molecule has 0 spiro atoms. The molecule has 168 valence electrons. The minimum Gasteiger partial charge on any atom is -0.204 e. The van der Waals surface area contributed by atoms with Crippen molar-refractivity contribution in [2.75, 3.05) is 0 Å². The van der Waals surface area contributed by atoms with Crippen LogP contribution in [0.3, 0.4) is 0 Å². The zero-order valence-electron chi connectivity index (χ0n) is 18.8. The molecule has 4 aromatic rings. The summed E-state index contributed by atoms with van der Waals surface area (Å²) in [6.45, 7) is 6.24. The van der Waals surface area contributed by atoms with E-state index in [1.165, 1.54) is 23.5 Å². The maximum Gasteiger partial charge on any atom is 0.153 e. The van der Waals surface area contributed by atoms with Crippen molar-refractivity contribution in [3.8, 4) is 34.1 Å². The second-order valence-electron chi connectivity index (χ2n) is 7.73. The van der Waals surface area contributed by atoms with Crippen molar-refractivity contribution in [1.29, 1.82) is 0 Å². The Bertz CT molecular complexity index is 1500. The van der Waals surface area contributed by atoms with Crippen LogP contribution in [-0.4, -0.2) is 5.16 Å². The van der Waals surface area contributed by atoms with E-state index in [0.717, 1.165) is 54.2 Å². The molecule has 0 saturated heterocycles. The normalized spacial score (nSPS) is 10.3. The van der Waals surface area contributed by atoms with Crippen molar-refractivity contribution in [1.82, 2.24) is 0 Å². The lowest BCUT2D eigenvalue weighted by atomic mass is 9.99. The summed E-state index contributed by atoms with van der Waals surface area (Å²) in [5.41, 5.74) is 4.31. The third-order valence-electron chi connectivity index (χ3n) is 5.12. The van der Waals surface area contributed by atoms with Crippen LogP contribution in [0.15, 0.2) is 41.4 Å². The molecule has 0 atom stereocenters. The van der Waals surface area contributed by atoms with E-state index < -0.39 is 17.3 Å². The first-order chi connectivity index (χ1) is 16.4. The standard InChI is InChI=1S/C28H19F2NS3/c1-4-5-6-7-19-10-17(2)22(18(3)11-19)9-8-21-14-26-27(33-21)15-25(34-26)20-12-23(29)28(31-16-32)24(30)13-20/h10-15H,4-5H2,1-3H3. The van der Waals surface area contributed by atoms with Gasteiger partial charge in [-0.1, -0.05) is 30.6 Å². The van der Waals surface area contributed by atoms with Gasteiger partial charge >= 0.3 is 0 Å². The minimum atomic E-state index is -0.760. The first-order valence-electron chi connectivity index (χ1n) is 10.6. The number of hydrogen-bond acceptors (Lipinski definition) is 4. The van der Waals surface area contributed by atoms with Crippen molar-refractivity contribution in [2.45, 2.75) is 33.6 Å². The average Bonchev–Trinajstić information content (AvgIpc) is 3.35. The summed E-state index contributed by atoms with van der Waals surface area (Å²) >= 11 is 7.49. The molecule has 2 aromatic heterocycles. The molecular formula is C28H19F2NS3. The molecule has 0 N–H and O–H groups in total. The van der Waals surface area contributed by atoms with Crippen LogP contribution in [0.1, 0.15) is 46.9 Å². The van der Waals surface area contributed by atoms with Crippen LogP contribution in [-0.2, 0) is 0 Å². The Labute approximate surface area is 211 Å². The highest BCUT2D eigenvalue weighted by Crippen LogP contribution is 2.39. The topological polar surface area (TPSA) is 12.4 Å². The van der Waals surface area contributed by atoms with E-state index in [2.05, 4.69) is 73.8 Å². The lowest BCUT2D eigenvalue weighted by Gasteiger charge is -2.04. The van der Waals surface area contributed by atoms with Crippen LogP contribution in [0.2, 0.25) is 0 Å². The number of fused-ring (bicyclic) bond motifs is 1. The molecule has 1 nitrogen and oxygen atoms in total. The molecule has 0 aliphatic rings. The third kappa shape index (κ3) is 5.17. The van der Waals surface area contributed by atoms with Crippen LogP contribution in [0.5, 0.6) is 0 Å². The molecule has 0 bridgehead atoms. The lowest BCUT2D eigenvalue weighted by molar-refractivity contribution is 0.588. The van der Waals surface area contributed by atoms with E-state index in [1.54, 1.807) is 11.3 Å². The fourth-order valence-electron chi connectivity index (χ4n) is 3.55. The van der Waals surface area contributed by atoms with Gasteiger partial charge in [0, 0.05) is 31.8 Å². The second-order valence-corrected chi connectivity index (χ2v) is 10.1. The highest BCUT2D eigenvalue weighted by Gasteiger charge is 2.14. The Kier molecular flexibility index (Phi) is 7.37. The summed E-state index contributed by atoms with van der Waals surface area (Å²) in [5, 5.41) is 2.01. The predicted octanol–water partition coefficient (Wildman–Crippen LogP) is 8.81. The van der Waals surface area contributed by atoms with E-state index >= 15 is 0 Å². The Morgan fingerprint density at radius 1 is 0.882 bits per heavy atom. The Hall–Kier alpha value is -3.12. The number of nitrogens with zero attached hydrogens (tertiary/aromatic N) is 1. The Morgan fingerprint density at radius 3 is 2.18 bits per heavy atom. The van der Waals surface area contributed by atoms with E-state index in [9.17, 15) is 8.78 Å². The number of isothiocyanates is 1. The van der Waals surface area contributed by atoms with Crippen LogP contribution < -0.4 is 0 Å². The van der Waals surface area contributed by atoms with Crippen LogP contribution in [0.25, 0.3) is 19.8 Å². The zero-order chi connectivity index (χ0) is 24.2. The summed E-state index contributed by atoms with van der Waals surface area (Å²) in [7, 11) is 0. The number of benzene rings is 2. The number of thiophene rings is 2. The van der Waals surface area contributed by atoms with Gasteiger partial charge in [0.25, 0.3) is 0 Å². The quantitative estimate of drug-likeness (QED) is 0.155. The molecule has 0 saturated carbocycles. The van der Waals surface area contributed by atoms with Crippen LogP contribution in [0, 0.1) is 49.2 Å². The van der Waals surface area contributed by atoms with Gasteiger partial charge in [0.05, 0.1) is 10.0 Å². The fraction of sp³-hybridized carbons (Fsp3) is 0.179. The second kappa shape index (κ2) is 10.4. The molecule has 0 amide bonds. The number of halogens is 2. The van der Waals surface area contributed by atoms with Gasteiger partial charge in [-0.25, -0.2) is 8.78 Å². The van der Waals surface area contributed by atoms with Gasteiger partial charge in [-0.15, -0.1) is 22.7 Å². The van der Waals surface area contributed by atoms with E-state index in [4.69, 9.17) is 0 Å². The van der Waals surface area contributed by atoms with Gasteiger partial charge in [0.15, 0.2) is 11.6 Å². The molecule has 4 rings (SSSR count). The molecule has 2 aromatic carbocycles. The lowest BCUT2D eigenvalue weighted by Crippen LogP contribution is -1.90. The van der Waals surface area contributed by atoms with Crippen molar-refractivity contribution >= 4 is 55.1 Å². The summed E-state index contributed by atoms with van der Waals surface area (Å²) in [4.78, 5) is 5.19. The predicted molar refractivity (Wildman–Crippen MR) is 143 cm³/mol. The highest BCUT2D eigenvalue weighted by atomic mass is 32.1. The monoisotopic (exact) mass is 503 g/mol. The summed E-state index contributed by atoms with van der Waals surface area (Å²) in [6, 6.07) is 10.7. The molecule has 34 heavy (non-hydrogen) atoms. The van der Waals surface area contributed by atoms with Crippen molar-refractivity contribution in [3.05, 3.63) is 75.2 Å². The summed E-state index contributed by atoms with van der Waals surface area (Å²) < 4.78 is 30.5. The van der Waals surface area contributed by atoms with Gasteiger partial charge in [-0.2, -0.15) is 4.99 Å². The fourth-order valence-corrected chi connectivity index (χ4v) is 5.87. The maximum absolute atomic E-state index is 14.2. The highest BCUT2D eigenvalue weighted by molar-refractivity contribution is 7.78. The number of aliphatic imine (C=N–C) groups is 1. The third-order valence-corrected chi connectivity index (χ3v) is 7.47. The van der Waals surface area contributed by atoms with E-state index in [1.807, 2.05) is 17.3 Å². The molecule has 0 aliphatic carbocycles. The first kappa shape index (κ1) is 24.0. The Morgan fingerprint density at radius 2 is 1.56 bits per heavy atom. The summed E-state index contributed by atoms with van der Waals surface area (Å²) in [6.07, 6.45) is 1.95. The maximum atomic E-state index is 14.2. The van der Waals surface area contributed by atoms with E-state index in [-0.39, 0.29) is 0 Å². The van der Waals surface area contributed by atoms with Gasteiger partial charge < -0.3 is 0 Å². The van der Waals surface area contributed by atoms with E-state index in [0.29, 0.717) is 5.56 Å². The van der Waals surface area contributed by atoms with Gasteiger partial charge in [-0.05, 0) is 85.6 Å². The first-order valence-corrected chi connectivity index (χ1v) is 12.7. The molecule has 6 heteroatoms.